The number of aryl methyl sites for hydroxylation is 1. The third-order valence-corrected chi connectivity index (χ3v) is 4.38. The second kappa shape index (κ2) is 6.85. The zero-order valence-electron chi connectivity index (χ0n) is 11.7. The van der Waals surface area contributed by atoms with Crippen molar-refractivity contribution in [3.05, 3.63) is 15.8 Å². The van der Waals surface area contributed by atoms with Gasteiger partial charge in [-0.05, 0) is 37.1 Å². The molecule has 5 nitrogen and oxygen atoms in total. The molecule has 110 valence electrons. The van der Waals surface area contributed by atoms with Crippen molar-refractivity contribution >= 4 is 28.9 Å². The Balaban J connectivity index is 2.00. The van der Waals surface area contributed by atoms with E-state index in [0.717, 1.165) is 31.4 Å². The summed E-state index contributed by atoms with van der Waals surface area (Å²) in [4.78, 5) is 24.1. The quantitative estimate of drug-likeness (QED) is 0.868. The monoisotopic (exact) mass is 297 g/mol. The summed E-state index contributed by atoms with van der Waals surface area (Å²) in [5.74, 6) is -0.545. The number of hydrogen-bond acceptors (Lipinski definition) is 5. The van der Waals surface area contributed by atoms with Gasteiger partial charge in [-0.3, -0.25) is 4.79 Å². The maximum Gasteiger partial charge on any atom is 0.350 e. The molecule has 1 aromatic heterocycles. The van der Waals surface area contributed by atoms with Crippen molar-refractivity contribution in [3.8, 4) is 0 Å². The average Bonchev–Trinajstić information content (AvgIpc) is 2.80. The maximum atomic E-state index is 12.1. The lowest BCUT2D eigenvalue weighted by atomic mass is 10.1. The molecular weight excluding hydrogens is 278 g/mol. The number of amides is 1. The Bertz CT molecular complexity index is 491. The van der Waals surface area contributed by atoms with Gasteiger partial charge in [0.2, 0.25) is 5.91 Å². The van der Waals surface area contributed by atoms with Crippen molar-refractivity contribution in [2.75, 3.05) is 19.0 Å². The van der Waals surface area contributed by atoms with Gasteiger partial charge in [0.15, 0.2) is 0 Å². The zero-order valence-corrected chi connectivity index (χ0v) is 12.5. The van der Waals surface area contributed by atoms with Gasteiger partial charge in [-0.1, -0.05) is 0 Å². The van der Waals surface area contributed by atoms with Crippen LogP contribution in [0.1, 0.15) is 40.9 Å². The summed E-state index contributed by atoms with van der Waals surface area (Å²) in [6.45, 7) is 2.58. The molecular formula is C14H19NO4S. The zero-order chi connectivity index (χ0) is 14.5. The summed E-state index contributed by atoms with van der Waals surface area (Å²) >= 11 is 1.28. The Morgan fingerprint density at radius 2 is 2.30 bits per heavy atom. The predicted molar refractivity (Wildman–Crippen MR) is 77.2 cm³/mol. The van der Waals surface area contributed by atoms with Crippen LogP contribution in [0.25, 0.3) is 0 Å². The van der Waals surface area contributed by atoms with Crippen LogP contribution < -0.4 is 5.32 Å². The van der Waals surface area contributed by atoms with E-state index in [1.54, 1.807) is 0 Å². The molecule has 1 saturated heterocycles. The number of rotatable bonds is 4. The first kappa shape index (κ1) is 15.0. The van der Waals surface area contributed by atoms with Gasteiger partial charge in [-0.2, -0.15) is 0 Å². The largest absolute Gasteiger partial charge is 0.465 e. The Kier molecular flexibility index (Phi) is 5.14. The van der Waals surface area contributed by atoms with Crippen LogP contribution in [0.15, 0.2) is 5.38 Å². The summed E-state index contributed by atoms with van der Waals surface area (Å²) in [7, 11) is 1.33. The topological polar surface area (TPSA) is 64.6 Å². The van der Waals surface area contributed by atoms with Crippen molar-refractivity contribution in [2.45, 2.75) is 38.7 Å². The van der Waals surface area contributed by atoms with Crippen molar-refractivity contribution in [1.82, 2.24) is 0 Å². The fourth-order valence-corrected chi connectivity index (χ4v) is 3.13. The predicted octanol–water partition coefficient (Wildman–Crippen LogP) is 2.74. The van der Waals surface area contributed by atoms with Crippen molar-refractivity contribution in [1.29, 1.82) is 0 Å². The van der Waals surface area contributed by atoms with Crippen molar-refractivity contribution in [2.24, 2.45) is 0 Å². The molecule has 0 saturated carbocycles. The maximum absolute atomic E-state index is 12.1. The minimum atomic E-state index is -0.424. The molecule has 1 atom stereocenters. The lowest BCUT2D eigenvalue weighted by Crippen LogP contribution is -2.26. The van der Waals surface area contributed by atoms with E-state index in [2.05, 4.69) is 5.32 Å². The third kappa shape index (κ3) is 3.58. The number of carbonyl (C=O) groups excluding carboxylic acids is 2. The Hall–Kier alpha value is -1.40. The second-order valence-corrected chi connectivity index (χ2v) is 5.73. The molecule has 0 bridgehead atoms. The summed E-state index contributed by atoms with van der Waals surface area (Å²) in [5, 5.41) is 4.64. The molecule has 0 aliphatic carbocycles. The van der Waals surface area contributed by atoms with Gasteiger partial charge >= 0.3 is 5.97 Å². The number of methoxy groups -OCH3 is 1. The van der Waals surface area contributed by atoms with Gasteiger partial charge in [0.05, 0.1) is 25.3 Å². The fraction of sp³-hybridized carbons (Fsp3) is 0.571. The SMILES string of the molecule is COC(=O)c1scc(C)c1NC(=O)CC1CCCCO1. The van der Waals surface area contributed by atoms with Crippen LogP contribution in [0.5, 0.6) is 0 Å². The third-order valence-electron chi connectivity index (χ3n) is 3.30. The number of hydrogen-bond donors (Lipinski definition) is 1. The van der Waals surface area contributed by atoms with Crippen LogP contribution >= 0.6 is 11.3 Å². The first-order valence-corrected chi connectivity index (χ1v) is 7.57. The number of ether oxygens (including phenoxy) is 2. The molecule has 6 heteroatoms. The highest BCUT2D eigenvalue weighted by Gasteiger charge is 2.21. The molecule has 1 amide bonds. The van der Waals surface area contributed by atoms with Gasteiger partial charge in [0, 0.05) is 6.61 Å². The highest BCUT2D eigenvalue weighted by Crippen LogP contribution is 2.28. The summed E-state index contributed by atoms with van der Waals surface area (Å²) in [6.07, 6.45) is 3.40. The summed E-state index contributed by atoms with van der Waals surface area (Å²) in [6, 6.07) is 0. The normalized spacial score (nSPS) is 18.6. The number of anilines is 1. The molecule has 1 aliphatic heterocycles. The van der Waals surface area contributed by atoms with Gasteiger partial charge in [0.25, 0.3) is 0 Å². The second-order valence-electron chi connectivity index (χ2n) is 4.86. The van der Waals surface area contributed by atoms with Gasteiger partial charge < -0.3 is 14.8 Å². The number of thiophene rings is 1. The summed E-state index contributed by atoms with van der Waals surface area (Å²) < 4.78 is 10.3. The van der Waals surface area contributed by atoms with Gasteiger partial charge in [-0.15, -0.1) is 11.3 Å². The average molecular weight is 297 g/mol. The molecule has 2 rings (SSSR count). The molecule has 0 radical (unpaired) electrons. The van der Waals surface area contributed by atoms with Crippen LogP contribution in [-0.4, -0.2) is 31.7 Å². The van der Waals surface area contributed by atoms with E-state index in [1.807, 2.05) is 12.3 Å². The van der Waals surface area contributed by atoms with E-state index in [9.17, 15) is 9.59 Å². The van der Waals surface area contributed by atoms with E-state index in [-0.39, 0.29) is 12.0 Å². The van der Waals surface area contributed by atoms with Gasteiger partial charge in [0.1, 0.15) is 4.88 Å². The highest BCUT2D eigenvalue weighted by atomic mass is 32.1. The first-order valence-electron chi connectivity index (χ1n) is 6.69. The van der Waals surface area contributed by atoms with E-state index in [1.165, 1.54) is 18.4 Å². The molecule has 1 N–H and O–H groups in total. The van der Waals surface area contributed by atoms with Crippen LogP contribution in [-0.2, 0) is 14.3 Å². The van der Waals surface area contributed by atoms with Crippen LogP contribution in [0, 0.1) is 6.92 Å². The lowest BCUT2D eigenvalue weighted by Gasteiger charge is -2.22. The molecule has 2 heterocycles. The van der Waals surface area contributed by atoms with E-state index < -0.39 is 5.97 Å². The van der Waals surface area contributed by atoms with Crippen LogP contribution in [0.3, 0.4) is 0 Å². The molecule has 0 aromatic carbocycles. The molecule has 0 spiro atoms. The van der Waals surface area contributed by atoms with E-state index >= 15 is 0 Å². The minimum absolute atomic E-state index is 0.00994. The van der Waals surface area contributed by atoms with Crippen LogP contribution in [0.4, 0.5) is 5.69 Å². The Labute approximate surface area is 122 Å². The van der Waals surface area contributed by atoms with Gasteiger partial charge in [-0.25, -0.2) is 4.79 Å². The van der Waals surface area contributed by atoms with E-state index in [4.69, 9.17) is 9.47 Å². The molecule has 20 heavy (non-hydrogen) atoms. The molecule has 1 fully saturated rings. The lowest BCUT2D eigenvalue weighted by molar-refractivity contribution is -0.119. The van der Waals surface area contributed by atoms with Crippen LogP contribution in [0.2, 0.25) is 0 Å². The summed E-state index contributed by atoms with van der Waals surface area (Å²) in [5.41, 5.74) is 1.43. The molecule has 1 aliphatic rings. The van der Waals surface area contributed by atoms with Crippen molar-refractivity contribution < 1.29 is 19.1 Å². The number of nitrogens with one attached hydrogen (secondary N) is 1. The molecule has 1 aromatic rings. The first-order chi connectivity index (χ1) is 9.61. The highest BCUT2D eigenvalue weighted by molar-refractivity contribution is 7.12. The number of carbonyl (C=O) groups is 2. The number of esters is 1. The molecule has 1 unspecified atom stereocenters. The smallest absolute Gasteiger partial charge is 0.350 e. The van der Waals surface area contributed by atoms with E-state index in [0.29, 0.717) is 17.0 Å². The Morgan fingerprint density at radius 3 is 2.95 bits per heavy atom. The minimum Gasteiger partial charge on any atom is -0.465 e. The fourth-order valence-electron chi connectivity index (χ4n) is 2.21. The Morgan fingerprint density at radius 1 is 1.50 bits per heavy atom. The van der Waals surface area contributed by atoms with Crippen molar-refractivity contribution in [3.63, 3.8) is 0 Å². The standard InChI is InChI=1S/C14H19NO4S/c1-9-8-20-13(14(17)18-2)12(9)15-11(16)7-10-5-3-4-6-19-10/h8,10H,3-7H2,1-2H3,(H,15,16).